The van der Waals surface area contributed by atoms with Crippen LogP contribution >= 0.6 is 0 Å². The van der Waals surface area contributed by atoms with E-state index in [2.05, 4.69) is 9.85 Å². The summed E-state index contributed by atoms with van der Waals surface area (Å²) in [7, 11) is 0. The normalized spacial score (nSPS) is 21.7. The zero-order valence-electron chi connectivity index (χ0n) is 10.8. The second-order valence-electron chi connectivity index (χ2n) is 4.29. The maximum atomic E-state index is 11.7. The van der Waals surface area contributed by atoms with Crippen molar-refractivity contribution in [2.75, 3.05) is 19.8 Å². The molecule has 10 heteroatoms. The Morgan fingerprint density at radius 3 is 2.32 bits per heavy atom. The van der Waals surface area contributed by atoms with Gasteiger partial charge in [0.15, 0.2) is 19.0 Å². The highest BCUT2D eigenvalue weighted by Crippen LogP contribution is 2.26. The van der Waals surface area contributed by atoms with Crippen LogP contribution < -0.4 is 0 Å². The third-order valence-electron chi connectivity index (χ3n) is 2.44. The van der Waals surface area contributed by atoms with Gasteiger partial charge in [-0.25, -0.2) is 4.79 Å². The van der Waals surface area contributed by atoms with Crippen LogP contribution in [0.4, 0.5) is 4.79 Å². The minimum Gasteiger partial charge on any atom is -0.594 e. The number of hydrogen-bond acceptors (Lipinski definition) is 7. The van der Waals surface area contributed by atoms with Crippen LogP contribution in [-0.4, -0.2) is 47.1 Å². The zero-order chi connectivity index (χ0) is 14.7. The van der Waals surface area contributed by atoms with E-state index in [1.54, 1.807) is 13.8 Å². The Hall–Kier alpha value is -1.81. The van der Waals surface area contributed by atoms with Crippen LogP contribution in [0, 0.1) is 15.3 Å². The number of hydrogen-bond donors (Lipinski definition) is 0. The first kappa shape index (κ1) is 15.2. The van der Waals surface area contributed by atoms with Crippen molar-refractivity contribution in [3.05, 3.63) is 15.3 Å². The molecule has 1 aliphatic heterocycles. The van der Waals surface area contributed by atoms with Crippen molar-refractivity contribution in [3.63, 3.8) is 0 Å². The number of azo groups is 1. The quantitative estimate of drug-likeness (QED) is 0.246. The number of carbonyl (C=O) groups is 1. The van der Waals surface area contributed by atoms with Gasteiger partial charge in [-0.15, -0.1) is 0 Å². The van der Waals surface area contributed by atoms with Crippen molar-refractivity contribution in [2.24, 2.45) is 5.11 Å². The molecule has 1 aliphatic rings. The molecular weight excluding hydrogens is 262 g/mol. The van der Waals surface area contributed by atoms with Crippen LogP contribution in [0.25, 0.3) is 0 Å². The number of ether oxygens (including phenoxy) is 3. The summed E-state index contributed by atoms with van der Waals surface area (Å²) >= 11 is 0. The first-order valence-electron chi connectivity index (χ1n) is 5.52. The highest BCUT2D eigenvalue weighted by Gasteiger charge is 2.60. The maximum absolute atomic E-state index is 11.7. The molecule has 0 bridgehead atoms. The molecule has 0 atom stereocenters. The van der Waals surface area contributed by atoms with Gasteiger partial charge >= 0.3 is 11.8 Å². The molecular formula is C9H15N3O7. The molecule has 0 spiro atoms. The van der Waals surface area contributed by atoms with E-state index < -0.39 is 35.7 Å². The van der Waals surface area contributed by atoms with E-state index in [4.69, 9.17) is 9.47 Å². The Labute approximate surface area is 108 Å². The molecule has 10 nitrogen and oxygen atoms in total. The van der Waals surface area contributed by atoms with E-state index in [0.29, 0.717) is 0 Å². The molecule has 0 aliphatic carbocycles. The van der Waals surface area contributed by atoms with Crippen LogP contribution in [0.3, 0.4) is 0 Å². The van der Waals surface area contributed by atoms with Gasteiger partial charge in [-0.05, 0) is 25.6 Å². The fourth-order valence-corrected chi connectivity index (χ4v) is 1.27. The Morgan fingerprint density at radius 1 is 1.37 bits per heavy atom. The molecule has 0 radical (unpaired) electrons. The molecule has 0 saturated carbocycles. The zero-order valence-corrected chi connectivity index (χ0v) is 10.8. The first-order chi connectivity index (χ1) is 8.73. The van der Waals surface area contributed by atoms with Crippen LogP contribution in [0.2, 0.25) is 0 Å². The number of carbonyl (C=O) groups excluding carboxylic acids is 1. The van der Waals surface area contributed by atoms with Crippen molar-refractivity contribution in [1.29, 1.82) is 0 Å². The molecule has 0 aromatic heterocycles. The summed E-state index contributed by atoms with van der Waals surface area (Å²) in [4.78, 5) is 20.9. The van der Waals surface area contributed by atoms with Crippen LogP contribution in [0.15, 0.2) is 5.11 Å². The van der Waals surface area contributed by atoms with Gasteiger partial charge in [-0.1, -0.05) is 0 Å². The van der Waals surface area contributed by atoms with Crippen molar-refractivity contribution in [2.45, 2.75) is 32.2 Å². The van der Waals surface area contributed by atoms with Crippen LogP contribution in [0.5, 0.6) is 0 Å². The summed E-state index contributed by atoms with van der Waals surface area (Å²) in [6, 6.07) is 0. The summed E-state index contributed by atoms with van der Waals surface area (Å²) in [5.74, 6) is -1.04. The largest absolute Gasteiger partial charge is 0.594 e. The van der Waals surface area contributed by atoms with E-state index in [1.807, 2.05) is 0 Å². The molecule has 19 heavy (non-hydrogen) atoms. The Bertz CT molecular complexity index is 397. The smallest absolute Gasteiger partial charge is 0.491 e. The molecule has 0 N–H and O–H groups in total. The topological polar surface area (TPSA) is 126 Å². The van der Waals surface area contributed by atoms with E-state index in [-0.39, 0.29) is 11.5 Å². The fourth-order valence-electron chi connectivity index (χ4n) is 1.27. The average molecular weight is 277 g/mol. The SMILES string of the molecule is CCOC(=O)/N=[N+](\[O-])C1([N+](=O)[O-])COC(C)(C)OC1. The van der Waals surface area contributed by atoms with E-state index >= 15 is 0 Å². The molecule has 1 amide bonds. The molecule has 0 aromatic rings. The Morgan fingerprint density at radius 2 is 1.89 bits per heavy atom. The van der Waals surface area contributed by atoms with Gasteiger partial charge in [0.1, 0.15) is 10.0 Å². The number of hydroxylamine groups is 1. The second-order valence-corrected chi connectivity index (χ2v) is 4.29. The lowest BCUT2D eigenvalue weighted by molar-refractivity contribution is -0.825. The second kappa shape index (κ2) is 5.45. The summed E-state index contributed by atoms with van der Waals surface area (Å²) < 4.78 is 14.6. The minimum absolute atomic E-state index is 0.00166. The highest BCUT2D eigenvalue weighted by atomic mass is 16.7. The van der Waals surface area contributed by atoms with Gasteiger partial charge in [0, 0.05) is 0 Å². The van der Waals surface area contributed by atoms with E-state index in [1.165, 1.54) is 6.92 Å². The summed E-state index contributed by atoms with van der Waals surface area (Å²) in [6.07, 6.45) is -1.21. The Kier molecular flexibility index (Phi) is 4.37. The van der Waals surface area contributed by atoms with Gasteiger partial charge in [0.25, 0.3) is 0 Å². The molecule has 1 fully saturated rings. The molecule has 0 unspecified atom stereocenters. The lowest BCUT2D eigenvalue weighted by Crippen LogP contribution is -2.60. The maximum Gasteiger partial charge on any atom is 0.491 e. The Balaban J connectivity index is 2.95. The third-order valence-corrected chi connectivity index (χ3v) is 2.44. The predicted octanol–water partition coefficient (Wildman–Crippen LogP) is 0.861. The van der Waals surface area contributed by atoms with Crippen molar-refractivity contribution in [3.8, 4) is 0 Å². The monoisotopic (exact) mass is 277 g/mol. The van der Waals surface area contributed by atoms with Crippen molar-refractivity contribution >= 4 is 6.09 Å². The number of amides is 1. The summed E-state index contributed by atoms with van der Waals surface area (Å²) in [5, 5.41) is 25.7. The summed E-state index contributed by atoms with van der Waals surface area (Å²) in [6.45, 7) is 3.50. The minimum atomic E-state index is -2.29. The molecule has 1 heterocycles. The molecule has 1 saturated heterocycles. The predicted molar refractivity (Wildman–Crippen MR) is 58.8 cm³/mol. The van der Waals surface area contributed by atoms with E-state index in [9.17, 15) is 20.1 Å². The average Bonchev–Trinajstić information content (AvgIpc) is 2.28. The fraction of sp³-hybridized carbons (Fsp3) is 0.889. The van der Waals surface area contributed by atoms with Gasteiger partial charge in [0.05, 0.1) is 6.61 Å². The lowest BCUT2D eigenvalue weighted by Gasteiger charge is -2.34. The summed E-state index contributed by atoms with van der Waals surface area (Å²) in [5.41, 5.74) is -2.29. The van der Waals surface area contributed by atoms with E-state index in [0.717, 1.165) is 0 Å². The van der Waals surface area contributed by atoms with Gasteiger partial charge in [-0.3, -0.25) is 10.1 Å². The number of rotatable bonds is 3. The highest BCUT2D eigenvalue weighted by molar-refractivity contribution is 5.66. The third kappa shape index (κ3) is 3.35. The van der Waals surface area contributed by atoms with Gasteiger partial charge < -0.3 is 19.4 Å². The molecule has 0 aromatic carbocycles. The first-order valence-corrected chi connectivity index (χ1v) is 5.52. The van der Waals surface area contributed by atoms with Gasteiger partial charge in [0.2, 0.25) is 0 Å². The van der Waals surface area contributed by atoms with Crippen molar-refractivity contribution < 1.29 is 28.8 Å². The molecule has 1 rings (SSSR count). The van der Waals surface area contributed by atoms with Crippen LogP contribution in [0.1, 0.15) is 20.8 Å². The van der Waals surface area contributed by atoms with Crippen molar-refractivity contribution in [1.82, 2.24) is 0 Å². The van der Waals surface area contributed by atoms with Gasteiger partial charge in [-0.2, -0.15) is 0 Å². The molecule has 108 valence electrons. The standard InChI is InChI=1S/C9H15N3O7/c1-4-17-7(13)10-11(14)9(12(15)16)5-18-8(2,3)19-6-9/h4-6H2,1-3H3/b11-10-. The number of nitrogens with zero attached hydrogens (tertiary/aromatic N) is 3. The number of nitro groups is 1. The van der Waals surface area contributed by atoms with Crippen LogP contribution in [-0.2, 0) is 14.2 Å². The lowest BCUT2D eigenvalue weighted by atomic mass is 10.2.